The SMILES string of the molecule is Cc1cc(Br)cc(NC(=O)C2CCC(N)C2)c1N. The van der Waals surface area contributed by atoms with Crippen LogP contribution >= 0.6 is 15.9 Å². The molecule has 1 aromatic rings. The molecular formula is C13H18BrN3O. The Labute approximate surface area is 115 Å². The van der Waals surface area contributed by atoms with E-state index in [4.69, 9.17) is 11.5 Å². The highest BCUT2D eigenvalue weighted by molar-refractivity contribution is 9.10. The average molecular weight is 312 g/mol. The van der Waals surface area contributed by atoms with Crippen molar-refractivity contribution in [1.29, 1.82) is 0 Å². The third-order valence-corrected chi connectivity index (χ3v) is 3.91. The number of halogens is 1. The molecule has 2 unspecified atom stereocenters. The van der Waals surface area contributed by atoms with E-state index in [0.29, 0.717) is 11.4 Å². The molecule has 18 heavy (non-hydrogen) atoms. The lowest BCUT2D eigenvalue weighted by atomic mass is 10.1. The number of carbonyl (C=O) groups is 1. The molecule has 0 spiro atoms. The molecule has 1 aromatic carbocycles. The lowest BCUT2D eigenvalue weighted by molar-refractivity contribution is -0.119. The normalized spacial score (nSPS) is 23.1. The Hall–Kier alpha value is -1.07. The Morgan fingerprint density at radius 1 is 1.44 bits per heavy atom. The van der Waals surface area contributed by atoms with Gasteiger partial charge in [0.1, 0.15) is 0 Å². The number of nitrogens with one attached hydrogen (secondary N) is 1. The van der Waals surface area contributed by atoms with Crippen LogP contribution in [-0.4, -0.2) is 11.9 Å². The van der Waals surface area contributed by atoms with E-state index >= 15 is 0 Å². The van der Waals surface area contributed by atoms with Gasteiger partial charge in [-0.2, -0.15) is 0 Å². The zero-order valence-corrected chi connectivity index (χ0v) is 12.0. The molecule has 1 aliphatic carbocycles. The fraction of sp³-hybridized carbons (Fsp3) is 0.462. The Bertz CT molecular complexity index is 476. The number of hydrogen-bond acceptors (Lipinski definition) is 3. The monoisotopic (exact) mass is 311 g/mol. The van der Waals surface area contributed by atoms with Crippen LogP contribution in [0.15, 0.2) is 16.6 Å². The summed E-state index contributed by atoms with van der Waals surface area (Å²) in [5.74, 6) is 0.0332. The maximum atomic E-state index is 12.1. The van der Waals surface area contributed by atoms with Crippen LogP contribution in [0.2, 0.25) is 0 Å². The number of anilines is 2. The van der Waals surface area contributed by atoms with E-state index in [1.54, 1.807) is 0 Å². The van der Waals surface area contributed by atoms with E-state index < -0.39 is 0 Å². The predicted octanol–water partition coefficient (Wildman–Crippen LogP) is 2.41. The molecule has 1 aliphatic rings. The van der Waals surface area contributed by atoms with E-state index in [1.807, 2.05) is 19.1 Å². The van der Waals surface area contributed by atoms with E-state index in [2.05, 4.69) is 21.2 Å². The number of hydrogen-bond donors (Lipinski definition) is 3. The van der Waals surface area contributed by atoms with Gasteiger partial charge in [0.25, 0.3) is 0 Å². The predicted molar refractivity (Wildman–Crippen MR) is 77.2 cm³/mol. The molecule has 2 rings (SSSR count). The molecule has 98 valence electrons. The van der Waals surface area contributed by atoms with Crippen LogP contribution in [0.1, 0.15) is 24.8 Å². The molecule has 0 aliphatic heterocycles. The Morgan fingerprint density at radius 2 is 2.17 bits per heavy atom. The summed E-state index contributed by atoms with van der Waals surface area (Å²) >= 11 is 3.40. The standard InChI is InChI=1S/C13H18BrN3O/c1-7-4-9(14)6-11(12(7)16)17-13(18)8-2-3-10(15)5-8/h4,6,8,10H,2-3,5,15-16H2,1H3,(H,17,18). The van der Waals surface area contributed by atoms with Crippen molar-refractivity contribution in [3.8, 4) is 0 Å². The van der Waals surface area contributed by atoms with Crippen molar-refractivity contribution in [3.63, 3.8) is 0 Å². The number of nitrogens with two attached hydrogens (primary N) is 2. The zero-order valence-electron chi connectivity index (χ0n) is 10.4. The largest absolute Gasteiger partial charge is 0.397 e. The molecule has 0 aromatic heterocycles. The summed E-state index contributed by atoms with van der Waals surface area (Å²) in [6.45, 7) is 1.92. The molecule has 1 fully saturated rings. The molecular weight excluding hydrogens is 294 g/mol. The van der Waals surface area contributed by atoms with Crippen molar-refractivity contribution < 1.29 is 4.79 Å². The highest BCUT2D eigenvalue weighted by Crippen LogP contribution is 2.30. The summed E-state index contributed by atoms with van der Waals surface area (Å²) in [5, 5.41) is 2.90. The lowest BCUT2D eigenvalue weighted by Gasteiger charge is -2.14. The van der Waals surface area contributed by atoms with Gasteiger partial charge in [-0.3, -0.25) is 4.79 Å². The summed E-state index contributed by atoms with van der Waals surface area (Å²) in [4.78, 5) is 12.1. The maximum Gasteiger partial charge on any atom is 0.227 e. The molecule has 0 radical (unpaired) electrons. The second kappa shape index (κ2) is 5.28. The van der Waals surface area contributed by atoms with E-state index in [-0.39, 0.29) is 17.9 Å². The smallest absolute Gasteiger partial charge is 0.227 e. The molecule has 5 N–H and O–H groups in total. The third-order valence-electron chi connectivity index (χ3n) is 3.45. The molecule has 0 bridgehead atoms. The number of rotatable bonds is 2. The first-order valence-corrected chi connectivity index (χ1v) is 6.88. The van der Waals surface area contributed by atoms with E-state index in [9.17, 15) is 4.79 Å². The maximum absolute atomic E-state index is 12.1. The number of benzene rings is 1. The van der Waals surface area contributed by atoms with Gasteiger partial charge >= 0.3 is 0 Å². The first-order chi connectivity index (χ1) is 8.47. The van der Waals surface area contributed by atoms with Crippen molar-refractivity contribution in [3.05, 3.63) is 22.2 Å². The van der Waals surface area contributed by atoms with Crippen LogP contribution in [-0.2, 0) is 4.79 Å². The molecule has 0 heterocycles. The summed E-state index contributed by atoms with van der Waals surface area (Å²) in [6.07, 6.45) is 2.55. The third kappa shape index (κ3) is 2.84. The van der Waals surface area contributed by atoms with Crippen LogP contribution in [0.25, 0.3) is 0 Å². The summed E-state index contributed by atoms with van der Waals surface area (Å²) < 4.78 is 0.910. The molecule has 1 saturated carbocycles. The van der Waals surface area contributed by atoms with Crippen molar-refractivity contribution in [1.82, 2.24) is 0 Å². The van der Waals surface area contributed by atoms with E-state index in [1.165, 1.54) is 0 Å². The van der Waals surface area contributed by atoms with Crippen LogP contribution in [0, 0.1) is 12.8 Å². The minimum absolute atomic E-state index is 0.0127. The second-order valence-corrected chi connectivity index (χ2v) is 5.86. The average Bonchev–Trinajstić information content (AvgIpc) is 2.72. The Kier molecular flexibility index (Phi) is 3.92. The van der Waals surface area contributed by atoms with Gasteiger partial charge < -0.3 is 16.8 Å². The van der Waals surface area contributed by atoms with Crippen molar-refractivity contribution >= 4 is 33.2 Å². The van der Waals surface area contributed by atoms with Gasteiger partial charge in [0, 0.05) is 16.4 Å². The van der Waals surface area contributed by atoms with Crippen molar-refractivity contribution in [2.45, 2.75) is 32.2 Å². The van der Waals surface area contributed by atoms with Crippen molar-refractivity contribution in [2.75, 3.05) is 11.1 Å². The quantitative estimate of drug-likeness (QED) is 0.734. The van der Waals surface area contributed by atoms with Crippen LogP contribution < -0.4 is 16.8 Å². The van der Waals surface area contributed by atoms with Gasteiger partial charge in [-0.05, 0) is 43.9 Å². The molecule has 2 atom stereocenters. The number of carbonyl (C=O) groups excluding carboxylic acids is 1. The van der Waals surface area contributed by atoms with Gasteiger partial charge in [0.05, 0.1) is 11.4 Å². The summed E-state index contributed by atoms with van der Waals surface area (Å²) in [6, 6.07) is 3.91. The minimum atomic E-state index is 0.0127. The molecule has 1 amide bonds. The lowest BCUT2D eigenvalue weighted by Crippen LogP contribution is -2.23. The van der Waals surface area contributed by atoms with E-state index in [0.717, 1.165) is 29.3 Å². The second-order valence-electron chi connectivity index (χ2n) is 4.94. The first-order valence-electron chi connectivity index (χ1n) is 6.09. The fourth-order valence-electron chi connectivity index (χ4n) is 2.35. The molecule has 4 nitrogen and oxygen atoms in total. The number of aryl methyl sites for hydroxylation is 1. The number of nitrogen functional groups attached to an aromatic ring is 1. The Balaban J connectivity index is 2.12. The zero-order chi connectivity index (χ0) is 13.3. The first kappa shape index (κ1) is 13.4. The van der Waals surface area contributed by atoms with Crippen LogP contribution in [0.4, 0.5) is 11.4 Å². The van der Waals surface area contributed by atoms with Crippen LogP contribution in [0.3, 0.4) is 0 Å². The minimum Gasteiger partial charge on any atom is -0.397 e. The summed E-state index contributed by atoms with van der Waals surface area (Å²) in [5.41, 5.74) is 14.0. The van der Waals surface area contributed by atoms with Gasteiger partial charge in [0.2, 0.25) is 5.91 Å². The van der Waals surface area contributed by atoms with Gasteiger partial charge in [-0.15, -0.1) is 0 Å². The van der Waals surface area contributed by atoms with Crippen LogP contribution in [0.5, 0.6) is 0 Å². The topological polar surface area (TPSA) is 81.1 Å². The van der Waals surface area contributed by atoms with Gasteiger partial charge in [-0.25, -0.2) is 0 Å². The molecule has 5 heteroatoms. The summed E-state index contributed by atoms with van der Waals surface area (Å²) in [7, 11) is 0. The van der Waals surface area contributed by atoms with Gasteiger partial charge in [-0.1, -0.05) is 15.9 Å². The van der Waals surface area contributed by atoms with Gasteiger partial charge in [0.15, 0.2) is 0 Å². The fourth-order valence-corrected chi connectivity index (χ4v) is 2.92. The highest BCUT2D eigenvalue weighted by Gasteiger charge is 2.28. The number of amides is 1. The Morgan fingerprint density at radius 3 is 2.78 bits per heavy atom. The van der Waals surface area contributed by atoms with Crippen molar-refractivity contribution in [2.24, 2.45) is 11.7 Å². The highest BCUT2D eigenvalue weighted by atomic mass is 79.9. The molecule has 0 saturated heterocycles.